The van der Waals surface area contributed by atoms with E-state index in [1.54, 1.807) is 6.92 Å². The number of H-pyrrole nitrogens is 1. The molecule has 0 aliphatic heterocycles. The van der Waals surface area contributed by atoms with Crippen LogP contribution in [0.5, 0.6) is 0 Å². The summed E-state index contributed by atoms with van der Waals surface area (Å²) in [5.74, 6) is -0.482. The quantitative estimate of drug-likeness (QED) is 0.346. The van der Waals surface area contributed by atoms with Gasteiger partial charge in [0.25, 0.3) is 0 Å². The number of fused-ring (bicyclic) bond motifs is 4. The first-order valence-corrected chi connectivity index (χ1v) is 12.0. The highest BCUT2D eigenvalue weighted by atomic mass is 16.6. The second-order valence-electron chi connectivity index (χ2n) is 8.64. The SMILES string of the molecule is CCOC(=O)CN(CCc1c[nH]c2ccccc12)C(=O)OCC1c2ccccc2-c2ccccc21. The molecule has 1 N–H and O–H groups in total. The number of esters is 1. The summed E-state index contributed by atoms with van der Waals surface area (Å²) in [6.07, 6.45) is 2.03. The number of carbonyl (C=O) groups is 2. The lowest BCUT2D eigenvalue weighted by Gasteiger charge is -2.23. The first-order chi connectivity index (χ1) is 17.2. The van der Waals surface area contributed by atoms with Gasteiger partial charge in [-0.2, -0.15) is 0 Å². The average molecular weight is 469 g/mol. The van der Waals surface area contributed by atoms with E-state index >= 15 is 0 Å². The van der Waals surface area contributed by atoms with Gasteiger partial charge < -0.3 is 14.5 Å². The molecule has 0 saturated heterocycles. The largest absolute Gasteiger partial charge is 0.465 e. The van der Waals surface area contributed by atoms with Crippen LogP contribution in [-0.2, 0) is 20.7 Å². The lowest BCUT2D eigenvalue weighted by molar-refractivity contribution is -0.144. The lowest BCUT2D eigenvalue weighted by atomic mass is 9.98. The van der Waals surface area contributed by atoms with Crippen molar-refractivity contribution in [3.05, 3.63) is 95.7 Å². The molecular formula is C29H28N2O4. The smallest absolute Gasteiger partial charge is 0.410 e. The molecule has 5 rings (SSSR count). The predicted molar refractivity (Wildman–Crippen MR) is 135 cm³/mol. The van der Waals surface area contributed by atoms with Crippen LogP contribution in [0.25, 0.3) is 22.0 Å². The van der Waals surface area contributed by atoms with Crippen molar-refractivity contribution in [2.24, 2.45) is 0 Å². The zero-order valence-electron chi connectivity index (χ0n) is 19.7. The zero-order valence-corrected chi connectivity index (χ0v) is 19.7. The van der Waals surface area contributed by atoms with Crippen LogP contribution in [0.2, 0.25) is 0 Å². The number of carbonyl (C=O) groups excluding carboxylic acids is 2. The molecule has 0 atom stereocenters. The van der Waals surface area contributed by atoms with Crippen molar-refractivity contribution in [3.63, 3.8) is 0 Å². The third kappa shape index (κ3) is 4.64. The molecule has 0 spiro atoms. The molecule has 0 radical (unpaired) electrons. The number of nitrogens with zero attached hydrogens (tertiary/aromatic N) is 1. The Kier molecular flexibility index (Phi) is 6.53. The van der Waals surface area contributed by atoms with Crippen molar-refractivity contribution in [3.8, 4) is 11.1 Å². The molecule has 1 aliphatic carbocycles. The maximum absolute atomic E-state index is 13.2. The number of hydrogen-bond acceptors (Lipinski definition) is 4. The van der Waals surface area contributed by atoms with Crippen LogP contribution in [-0.4, -0.2) is 48.2 Å². The molecular weight excluding hydrogens is 440 g/mol. The van der Waals surface area contributed by atoms with E-state index in [2.05, 4.69) is 29.2 Å². The number of hydrogen-bond donors (Lipinski definition) is 1. The minimum atomic E-state index is -0.514. The van der Waals surface area contributed by atoms with Gasteiger partial charge in [0.05, 0.1) is 6.61 Å². The number of ether oxygens (including phenoxy) is 2. The summed E-state index contributed by atoms with van der Waals surface area (Å²) in [5, 5.41) is 1.11. The van der Waals surface area contributed by atoms with E-state index < -0.39 is 12.1 Å². The average Bonchev–Trinajstić information content (AvgIpc) is 3.44. The van der Waals surface area contributed by atoms with Crippen LogP contribution in [0.3, 0.4) is 0 Å². The van der Waals surface area contributed by atoms with Gasteiger partial charge in [-0.15, -0.1) is 0 Å². The Labute approximate surface area is 204 Å². The number of amides is 1. The Morgan fingerprint density at radius 1 is 0.886 bits per heavy atom. The first kappa shape index (κ1) is 22.7. The second kappa shape index (κ2) is 10.1. The molecule has 0 fully saturated rings. The summed E-state index contributed by atoms with van der Waals surface area (Å²) in [7, 11) is 0. The molecule has 178 valence electrons. The van der Waals surface area contributed by atoms with Gasteiger partial charge in [0.1, 0.15) is 13.2 Å². The molecule has 1 amide bonds. The fourth-order valence-electron chi connectivity index (χ4n) is 4.88. The summed E-state index contributed by atoms with van der Waals surface area (Å²) in [4.78, 5) is 30.1. The van der Waals surface area contributed by atoms with E-state index in [0.717, 1.165) is 27.6 Å². The van der Waals surface area contributed by atoms with Crippen LogP contribution in [0.15, 0.2) is 79.0 Å². The molecule has 1 heterocycles. The molecule has 1 aliphatic rings. The minimum Gasteiger partial charge on any atom is -0.465 e. The van der Waals surface area contributed by atoms with E-state index in [4.69, 9.17) is 9.47 Å². The normalized spacial score (nSPS) is 12.3. The van der Waals surface area contributed by atoms with E-state index in [1.807, 2.05) is 54.7 Å². The third-order valence-electron chi connectivity index (χ3n) is 6.55. The monoisotopic (exact) mass is 468 g/mol. The molecule has 0 saturated carbocycles. The third-order valence-corrected chi connectivity index (χ3v) is 6.55. The van der Waals surface area contributed by atoms with Crippen LogP contribution in [0, 0.1) is 0 Å². The van der Waals surface area contributed by atoms with Gasteiger partial charge in [-0.05, 0) is 47.2 Å². The Morgan fingerprint density at radius 2 is 1.54 bits per heavy atom. The van der Waals surface area contributed by atoms with E-state index in [1.165, 1.54) is 16.0 Å². The van der Waals surface area contributed by atoms with Crippen LogP contribution in [0.4, 0.5) is 4.79 Å². The van der Waals surface area contributed by atoms with Gasteiger partial charge in [-0.3, -0.25) is 9.69 Å². The Bertz CT molecular complexity index is 1310. The molecule has 1 aromatic heterocycles. The topological polar surface area (TPSA) is 71.6 Å². The molecule has 3 aromatic carbocycles. The second-order valence-corrected chi connectivity index (χ2v) is 8.64. The predicted octanol–water partition coefficient (Wildman–Crippen LogP) is 5.52. The van der Waals surface area contributed by atoms with Crippen molar-refractivity contribution in [1.29, 1.82) is 0 Å². The molecule has 0 bridgehead atoms. The number of rotatable bonds is 8. The zero-order chi connectivity index (χ0) is 24.2. The highest BCUT2D eigenvalue weighted by molar-refractivity contribution is 5.83. The molecule has 0 unspecified atom stereocenters. The summed E-state index contributed by atoms with van der Waals surface area (Å²) in [6.45, 7) is 2.42. The highest BCUT2D eigenvalue weighted by Crippen LogP contribution is 2.44. The van der Waals surface area contributed by atoms with Gasteiger partial charge >= 0.3 is 12.1 Å². The summed E-state index contributed by atoms with van der Waals surface area (Å²) in [5.41, 5.74) is 6.77. The van der Waals surface area contributed by atoms with Gasteiger partial charge in [-0.1, -0.05) is 66.7 Å². The Balaban J connectivity index is 1.31. The van der Waals surface area contributed by atoms with Gasteiger partial charge in [0.2, 0.25) is 0 Å². The number of benzene rings is 3. The van der Waals surface area contributed by atoms with Crippen molar-refractivity contribution in [2.45, 2.75) is 19.3 Å². The Morgan fingerprint density at radius 3 is 2.26 bits per heavy atom. The fourth-order valence-corrected chi connectivity index (χ4v) is 4.88. The van der Waals surface area contributed by atoms with E-state index in [-0.39, 0.29) is 25.7 Å². The minimum absolute atomic E-state index is 0.0376. The molecule has 35 heavy (non-hydrogen) atoms. The van der Waals surface area contributed by atoms with Crippen molar-refractivity contribution >= 4 is 23.0 Å². The number of para-hydroxylation sites is 1. The summed E-state index contributed by atoms with van der Waals surface area (Å²) >= 11 is 0. The summed E-state index contributed by atoms with van der Waals surface area (Å²) < 4.78 is 10.9. The standard InChI is InChI=1S/C29H28N2O4/c1-2-34-28(32)18-31(16-15-20-17-30-27-14-8-7-9-21(20)27)29(33)35-19-26-24-12-5-3-10-22(24)23-11-4-6-13-25(23)26/h3-14,17,26,30H,2,15-16,18-19H2,1H3. The molecule has 6 nitrogen and oxygen atoms in total. The highest BCUT2D eigenvalue weighted by Gasteiger charge is 2.30. The fraction of sp³-hybridized carbons (Fsp3) is 0.241. The number of aromatic nitrogens is 1. The van der Waals surface area contributed by atoms with Gasteiger partial charge in [-0.25, -0.2) is 4.79 Å². The van der Waals surface area contributed by atoms with Gasteiger partial charge in [0, 0.05) is 29.6 Å². The Hall–Kier alpha value is -4.06. The van der Waals surface area contributed by atoms with E-state index in [9.17, 15) is 9.59 Å². The summed E-state index contributed by atoms with van der Waals surface area (Å²) in [6, 6.07) is 24.5. The number of nitrogens with one attached hydrogen (secondary N) is 1. The van der Waals surface area contributed by atoms with E-state index in [0.29, 0.717) is 13.0 Å². The molecule has 6 heteroatoms. The van der Waals surface area contributed by atoms with Crippen LogP contribution >= 0.6 is 0 Å². The number of aromatic amines is 1. The van der Waals surface area contributed by atoms with Crippen LogP contribution < -0.4 is 0 Å². The van der Waals surface area contributed by atoms with Crippen molar-refractivity contribution < 1.29 is 19.1 Å². The maximum atomic E-state index is 13.2. The van der Waals surface area contributed by atoms with Crippen molar-refractivity contribution in [1.82, 2.24) is 9.88 Å². The van der Waals surface area contributed by atoms with Crippen LogP contribution in [0.1, 0.15) is 29.5 Å². The van der Waals surface area contributed by atoms with Gasteiger partial charge in [0.15, 0.2) is 0 Å². The molecule has 4 aromatic rings. The van der Waals surface area contributed by atoms with Crippen molar-refractivity contribution in [2.75, 3.05) is 26.3 Å². The lowest BCUT2D eigenvalue weighted by Crippen LogP contribution is -2.38. The maximum Gasteiger partial charge on any atom is 0.410 e. The first-order valence-electron chi connectivity index (χ1n) is 12.0.